The van der Waals surface area contributed by atoms with Crippen LogP contribution < -0.4 is 0 Å². The molecule has 0 bridgehead atoms. The minimum atomic E-state index is 0.0444. The summed E-state index contributed by atoms with van der Waals surface area (Å²) in [5.74, 6) is 0.278. The number of hydrogen-bond acceptors (Lipinski definition) is 1. The Morgan fingerprint density at radius 1 is 1.21 bits per heavy atom. The van der Waals surface area contributed by atoms with Crippen LogP contribution in [0.1, 0.15) is 48.3 Å². The molecule has 2 nitrogen and oxygen atoms in total. The van der Waals surface area contributed by atoms with Crippen molar-refractivity contribution in [3.8, 4) is 0 Å². The number of benzene rings is 1. The van der Waals surface area contributed by atoms with Crippen molar-refractivity contribution in [2.24, 2.45) is 5.92 Å². The Kier molecular flexibility index (Phi) is 2.96. The third-order valence-electron chi connectivity index (χ3n) is 4.14. The SMILES string of the molecule is Cc1ccc2c(c1)c1c(n2C(=O)C(C)C)CCCC1. The van der Waals surface area contributed by atoms with Crippen molar-refractivity contribution in [3.63, 3.8) is 0 Å². The topological polar surface area (TPSA) is 22.0 Å². The molecule has 0 radical (unpaired) electrons. The number of hydrogen-bond donors (Lipinski definition) is 0. The molecule has 1 aliphatic rings. The van der Waals surface area contributed by atoms with Gasteiger partial charge >= 0.3 is 0 Å². The van der Waals surface area contributed by atoms with Gasteiger partial charge in [-0.1, -0.05) is 25.5 Å². The molecule has 100 valence electrons. The molecule has 0 spiro atoms. The highest BCUT2D eigenvalue weighted by atomic mass is 16.2. The summed E-state index contributed by atoms with van der Waals surface area (Å²) in [6.45, 7) is 6.09. The molecule has 19 heavy (non-hydrogen) atoms. The molecule has 0 saturated carbocycles. The maximum absolute atomic E-state index is 12.5. The summed E-state index contributed by atoms with van der Waals surface area (Å²) in [5.41, 5.74) is 5.07. The van der Waals surface area contributed by atoms with Crippen LogP contribution in [-0.4, -0.2) is 10.5 Å². The molecular weight excluding hydrogens is 234 g/mol. The molecule has 0 N–H and O–H groups in total. The highest BCUT2D eigenvalue weighted by Crippen LogP contribution is 2.33. The minimum absolute atomic E-state index is 0.0444. The smallest absolute Gasteiger partial charge is 0.233 e. The summed E-state index contributed by atoms with van der Waals surface area (Å²) >= 11 is 0. The first kappa shape index (κ1) is 12.5. The highest BCUT2D eigenvalue weighted by Gasteiger charge is 2.24. The van der Waals surface area contributed by atoms with Gasteiger partial charge in [0.15, 0.2) is 0 Å². The van der Waals surface area contributed by atoms with Crippen LogP contribution in [-0.2, 0) is 12.8 Å². The van der Waals surface area contributed by atoms with E-state index in [1.807, 2.05) is 18.4 Å². The maximum Gasteiger partial charge on any atom is 0.233 e. The molecule has 0 unspecified atom stereocenters. The van der Waals surface area contributed by atoms with Crippen molar-refractivity contribution in [1.29, 1.82) is 0 Å². The van der Waals surface area contributed by atoms with Crippen LogP contribution in [0.2, 0.25) is 0 Å². The van der Waals surface area contributed by atoms with Gasteiger partial charge in [0.1, 0.15) is 0 Å². The summed E-state index contributed by atoms with van der Waals surface area (Å²) in [6, 6.07) is 6.46. The van der Waals surface area contributed by atoms with Crippen molar-refractivity contribution in [3.05, 3.63) is 35.0 Å². The van der Waals surface area contributed by atoms with Gasteiger partial charge in [0.25, 0.3) is 0 Å². The predicted octanol–water partition coefficient (Wildman–Crippen LogP) is 4.12. The average Bonchev–Trinajstić information content (AvgIpc) is 2.72. The van der Waals surface area contributed by atoms with E-state index in [0.717, 1.165) is 18.4 Å². The van der Waals surface area contributed by atoms with Crippen LogP contribution >= 0.6 is 0 Å². The molecule has 3 rings (SSSR count). The number of fused-ring (bicyclic) bond motifs is 3. The van der Waals surface area contributed by atoms with Crippen LogP contribution in [0.3, 0.4) is 0 Å². The largest absolute Gasteiger partial charge is 0.284 e. The lowest BCUT2D eigenvalue weighted by Crippen LogP contribution is -2.20. The molecule has 0 amide bonds. The number of rotatable bonds is 1. The van der Waals surface area contributed by atoms with Gasteiger partial charge in [-0.05, 0) is 50.3 Å². The molecule has 1 heterocycles. The molecular formula is C17H21NO. The number of aromatic nitrogens is 1. The summed E-state index contributed by atoms with van der Waals surface area (Å²) < 4.78 is 1.99. The zero-order chi connectivity index (χ0) is 13.6. The fourth-order valence-corrected chi connectivity index (χ4v) is 3.17. The zero-order valence-electron chi connectivity index (χ0n) is 12.0. The first-order chi connectivity index (χ1) is 9.09. The molecule has 0 saturated heterocycles. The second kappa shape index (κ2) is 4.52. The van der Waals surface area contributed by atoms with E-state index in [1.165, 1.54) is 35.0 Å². The summed E-state index contributed by atoms with van der Waals surface area (Å²) in [5, 5.41) is 1.30. The fraction of sp³-hybridized carbons (Fsp3) is 0.471. The number of nitrogens with zero attached hydrogens (tertiary/aromatic N) is 1. The van der Waals surface area contributed by atoms with E-state index in [1.54, 1.807) is 0 Å². The number of aryl methyl sites for hydroxylation is 2. The summed E-state index contributed by atoms with van der Waals surface area (Å²) in [4.78, 5) is 12.5. The first-order valence-electron chi connectivity index (χ1n) is 7.26. The van der Waals surface area contributed by atoms with Crippen LogP contribution in [0.5, 0.6) is 0 Å². The van der Waals surface area contributed by atoms with E-state index in [0.29, 0.717) is 0 Å². The molecule has 2 heteroatoms. The zero-order valence-corrected chi connectivity index (χ0v) is 12.0. The number of carbonyl (C=O) groups excluding carboxylic acids is 1. The fourth-order valence-electron chi connectivity index (χ4n) is 3.17. The summed E-state index contributed by atoms with van der Waals surface area (Å²) in [6.07, 6.45) is 4.61. The summed E-state index contributed by atoms with van der Waals surface area (Å²) in [7, 11) is 0. The Morgan fingerprint density at radius 2 is 1.95 bits per heavy atom. The van der Waals surface area contributed by atoms with Crippen molar-refractivity contribution in [2.45, 2.75) is 46.5 Å². The van der Waals surface area contributed by atoms with Gasteiger partial charge in [0.2, 0.25) is 5.91 Å². The third kappa shape index (κ3) is 1.90. The Bertz CT molecular complexity index is 649. The van der Waals surface area contributed by atoms with Gasteiger partial charge < -0.3 is 0 Å². The Labute approximate surface area is 114 Å². The lowest BCUT2D eigenvalue weighted by molar-refractivity contribution is 0.0857. The van der Waals surface area contributed by atoms with Gasteiger partial charge in [0.05, 0.1) is 5.52 Å². The second-order valence-electron chi connectivity index (χ2n) is 5.98. The second-order valence-corrected chi connectivity index (χ2v) is 5.98. The van der Waals surface area contributed by atoms with Gasteiger partial charge in [-0.2, -0.15) is 0 Å². The molecule has 0 atom stereocenters. The van der Waals surface area contributed by atoms with Gasteiger partial charge in [0, 0.05) is 17.0 Å². The first-order valence-corrected chi connectivity index (χ1v) is 7.26. The predicted molar refractivity (Wildman–Crippen MR) is 78.8 cm³/mol. The maximum atomic E-state index is 12.5. The van der Waals surface area contributed by atoms with E-state index in [4.69, 9.17) is 0 Å². The van der Waals surface area contributed by atoms with Gasteiger partial charge in [-0.3, -0.25) is 9.36 Å². The molecule has 0 fully saturated rings. The third-order valence-corrected chi connectivity index (χ3v) is 4.14. The van der Waals surface area contributed by atoms with Crippen molar-refractivity contribution >= 4 is 16.8 Å². The molecule has 1 aliphatic carbocycles. The molecule has 1 aromatic heterocycles. The molecule has 0 aliphatic heterocycles. The standard InChI is InChI=1S/C17H21NO/c1-11(2)17(19)18-15-7-5-4-6-13(15)14-10-12(3)8-9-16(14)18/h8-11H,4-7H2,1-3H3. The average molecular weight is 255 g/mol. The lowest BCUT2D eigenvalue weighted by atomic mass is 9.95. The monoisotopic (exact) mass is 255 g/mol. The Hall–Kier alpha value is -1.57. The van der Waals surface area contributed by atoms with E-state index in [2.05, 4.69) is 25.1 Å². The van der Waals surface area contributed by atoms with Crippen molar-refractivity contribution in [2.75, 3.05) is 0 Å². The van der Waals surface area contributed by atoms with Gasteiger partial charge in [-0.25, -0.2) is 0 Å². The van der Waals surface area contributed by atoms with Crippen LogP contribution in [0.25, 0.3) is 10.9 Å². The van der Waals surface area contributed by atoms with Crippen LogP contribution in [0, 0.1) is 12.8 Å². The quantitative estimate of drug-likeness (QED) is 0.751. The van der Waals surface area contributed by atoms with Crippen LogP contribution in [0.4, 0.5) is 0 Å². The lowest BCUT2D eigenvalue weighted by Gasteiger charge is -2.16. The molecule has 2 aromatic rings. The Balaban J connectivity index is 2.33. The van der Waals surface area contributed by atoms with E-state index in [-0.39, 0.29) is 11.8 Å². The highest BCUT2D eigenvalue weighted by molar-refractivity contribution is 5.97. The van der Waals surface area contributed by atoms with Crippen molar-refractivity contribution < 1.29 is 4.79 Å². The molecule has 1 aromatic carbocycles. The van der Waals surface area contributed by atoms with Crippen molar-refractivity contribution in [1.82, 2.24) is 4.57 Å². The van der Waals surface area contributed by atoms with E-state index >= 15 is 0 Å². The van der Waals surface area contributed by atoms with Gasteiger partial charge in [-0.15, -0.1) is 0 Å². The normalized spacial score (nSPS) is 14.9. The number of carbonyl (C=O) groups is 1. The van der Waals surface area contributed by atoms with E-state index < -0.39 is 0 Å². The minimum Gasteiger partial charge on any atom is -0.284 e. The van der Waals surface area contributed by atoms with Crippen LogP contribution in [0.15, 0.2) is 18.2 Å². The Morgan fingerprint density at radius 3 is 2.68 bits per heavy atom. The van der Waals surface area contributed by atoms with E-state index in [9.17, 15) is 4.79 Å².